The molecule has 0 fully saturated rings. The smallest absolute Gasteiger partial charge is 0.241 e. The van der Waals surface area contributed by atoms with Crippen LogP contribution in [0.4, 0.5) is 22.7 Å². The van der Waals surface area contributed by atoms with E-state index < -0.39 is 0 Å². The standard InChI is InChI=1S/C27H22N2O2/c30-26(28(22-13-5-1-6-14-22)23-15-7-2-8-16-23)21-27(31)29(24-17-9-3-10-18-24)25-19-11-4-12-20-25/h1-20H,21H2. The first-order valence-electron chi connectivity index (χ1n) is 10.1. The van der Waals surface area contributed by atoms with Crippen LogP contribution in [0.2, 0.25) is 0 Å². The highest BCUT2D eigenvalue weighted by Gasteiger charge is 2.25. The number of benzene rings is 4. The summed E-state index contributed by atoms with van der Waals surface area (Å²) in [6.07, 6.45) is -0.270. The van der Waals surface area contributed by atoms with Gasteiger partial charge in [-0.25, -0.2) is 0 Å². The summed E-state index contributed by atoms with van der Waals surface area (Å²) in [6, 6.07) is 37.5. The molecule has 0 aliphatic rings. The van der Waals surface area contributed by atoms with Gasteiger partial charge in [0.05, 0.1) is 0 Å². The van der Waals surface area contributed by atoms with E-state index in [1.807, 2.05) is 121 Å². The Balaban J connectivity index is 1.66. The second-order valence-electron chi connectivity index (χ2n) is 6.98. The zero-order chi connectivity index (χ0) is 21.5. The Morgan fingerprint density at radius 1 is 0.419 bits per heavy atom. The van der Waals surface area contributed by atoms with E-state index in [2.05, 4.69) is 0 Å². The topological polar surface area (TPSA) is 40.6 Å². The normalized spacial score (nSPS) is 10.3. The van der Waals surface area contributed by atoms with Gasteiger partial charge in [-0.1, -0.05) is 72.8 Å². The van der Waals surface area contributed by atoms with Crippen molar-refractivity contribution in [2.45, 2.75) is 6.42 Å². The molecule has 4 aromatic carbocycles. The van der Waals surface area contributed by atoms with Crippen molar-refractivity contribution in [3.8, 4) is 0 Å². The molecule has 4 aromatic rings. The van der Waals surface area contributed by atoms with Crippen LogP contribution >= 0.6 is 0 Å². The lowest BCUT2D eigenvalue weighted by Gasteiger charge is -2.26. The molecule has 0 saturated carbocycles. The van der Waals surface area contributed by atoms with Crippen LogP contribution in [0.15, 0.2) is 121 Å². The number of hydrogen-bond donors (Lipinski definition) is 0. The molecule has 2 amide bonds. The summed E-state index contributed by atoms with van der Waals surface area (Å²) >= 11 is 0. The largest absolute Gasteiger partial charge is 0.281 e. The van der Waals surface area contributed by atoms with Gasteiger partial charge >= 0.3 is 0 Å². The minimum Gasteiger partial charge on any atom is -0.281 e. The van der Waals surface area contributed by atoms with Crippen molar-refractivity contribution in [1.29, 1.82) is 0 Å². The van der Waals surface area contributed by atoms with Gasteiger partial charge in [0, 0.05) is 22.7 Å². The number of carbonyl (C=O) groups is 2. The fourth-order valence-corrected chi connectivity index (χ4v) is 3.47. The van der Waals surface area contributed by atoms with Gasteiger partial charge in [-0.05, 0) is 48.5 Å². The molecule has 0 bridgehead atoms. The monoisotopic (exact) mass is 406 g/mol. The van der Waals surface area contributed by atoms with E-state index in [0.717, 1.165) is 22.7 Å². The molecule has 0 aliphatic heterocycles. The summed E-state index contributed by atoms with van der Waals surface area (Å²) < 4.78 is 0. The van der Waals surface area contributed by atoms with E-state index in [1.54, 1.807) is 9.80 Å². The summed E-state index contributed by atoms with van der Waals surface area (Å²) in [6.45, 7) is 0. The van der Waals surface area contributed by atoms with E-state index in [4.69, 9.17) is 0 Å². The number of hydrogen-bond acceptors (Lipinski definition) is 2. The number of nitrogens with zero attached hydrogens (tertiary/aromatic N) is 2. The first-order valence-corrected chi connectivity index (χ1v) is 10.1. The highest BCUT2D eigenvalue weighted by molar-refractivity contribution is 6.14. The van der Waals surface area contributed by atoms with Crippen molar-refractivity contribution < 1.29 is 9.59 Å². The van der Waals surface area contributed by atoms with Crippen LogP contribution in [-0.4, -0.2) is 11.8 Å². The summed E-state index contributed by atoms with van der Waals surface area (Å²) in [5.74, 6) is -0.585. The molecule has 0 N–H and O–H groups in total. The van der Waals surface area contributed by atoms with Crippen molar-refractivity contribution in [2.75, 3.05) is 9.80 Å². The van der Waals surface area contributed by atoms with E-state index in [1.165, 1.54) is 0 Å². The third-order valence-electron chi connectivity index (χ3n) is 4.86. The minimum atomic E-state index is -0.292. The van der Waals surface area contributed by atoms with E-state index in [9.17, 15) is 9.59 Å². The van der Waals surface area contributed by atoms with E-state index in [0.29, 0.717) is 0 Å². The van der Waals surface area contributed by atoms with Crippen LogP contribution in [-0.2, 0) is 9.59 Å². The van der Waals surface area contributed by atoms with Gasteiger partial charge in [0.25, 0.3) is 0 Å². The highest BCUT2D eigenvalue weighted by Crippen LogP contribution is 2.29. The average Bonchev–Trinajstić information content (AvgIpc) is 2.82. The van der Waals surface area contributed by atoms with Gasteiger partial charge in [0.2, 0.25) is 11.8 Å². The molecule has 0 atom stereocenters. The molecule has 4 heteroatoms. The lowest BCUT2D eigenvalue weighted by molar-refractivity contribution is -0.125. The van der Waals surface area contributed by atoms with Gasteiger partial charge < -0.3 is 0 Å². The number of rotatable bonds is 6. The molecule has 0 aromatic heterocycles. The minimum absolute atomic E-state index is 0.270. The zero-order valence-corrected chi connectivity index (χ0v) is 17.0. The van der Waals surface area contributed by atoms with Crippen molar-refractivity contribution in [1.82, 2.24) is 0 Å². The summed E-state index contributed by atoms with van der Waals surface area (Å²) in [5.41, 5.74) is 2.88. The van der Waals surface area contributed by atoms with Gasteiger partial charge in [-0.2, -0.15) is 0 Å². The van der Waals surface area contributed by atoms with Gasteiger partial charge in [0.15, 0.2) is 0 Å². The van der Waals surface area contributed by atoms with Crippen LogP contribution in [0.1, 0.15) is 6.42 Å². The van der Waals surface area contributed by atoms with E-state index >= 15 is 0 Å². The molecule has 152 valence electrons. The van der Waals surface area contributed by atoms with Crippen LogP contribution in [0.5, 0.6) is 0 Å². The van der Waals surface area contributed by atoms with Gasteiger partial charge in [-0.15, -0.1) is 0 Å². The van der Waals surface area contributed by atoms with Gasteiger partial charge in [-0.3, -0.25) is 19.4 Å². The lowest BCUT2D eigenvalue weighted by Crippen LogP contribution is -2.34. The fourth-order valence-electron chi connectivity index (χ4n) is 3.47. The average molecular weight is 406 g/mol. The molecule has 0 saturated heterocycles. The number of amides is 2. The van der Waals surface area contributed by atoms with Crippen molar-refractivity contribution in [3.05, 3.63) is 121 Å². The summed E-state index contributed by atoms with van der Waals surface area (Å²) in [7, 11) is 0. The summed E-state index contributed by atoms with van der Waals surface area (Å²) in [4.78, 5) is 30.0. The molecule has 0 aliphatic carbocycles. The third-order valence-corrected chi connectivity index (χ3v) is 4.86. The number of para-hydroxylation sites is 4. The number of anilines is 4. The zero-order valence-electron chi connectivity index (χ0n) is 17.0. The predicted octanol–water partition coefficient (Wildman–Crippen LogP) is 6.11. The molecule has 0 spiro atoms. The van der Waals surface area contributed by atoms with Crippen LogP contribution < -0.4 is 9.80 Å². The molecule has 31 heavy (non-hydrogen) atoms. The highest BCUT2D eigenvalue weighted by atomic mass is 16.2. The number of carbonyl (C=O) groups excluding carboxylic acids is 2. The Hall–Kier alpha value is -4.18. The van der Waals surface area contributed by atoms with Crippen LogP contribution in [0.25, 0.3) is 0 Å². The van der Waals surface area contributed by atoms with Crippen molar-refractivity contribution in [2.24, 2.45) is 0 Å². The maximum atomic E-state index is 13.4. The molecule has 0 heterocycles. The van der Waals surface area contributed by atoms with E-state index in [-0.39, 0.29) is 18.2 Å². The summed E-state index contributed by atoms with van der Waals surface area (Å²) in [5, 5.41) is 0. The third kappa shape index (κ3) is 4.70. The quantitative estimate of drug-likeness (QED) is 0.363. The molecule has 0 unspecified atom stereocenters. The Morgan fingerprint density at radius 3 is 0.871 bits per heavy atom. The maximum Gasteiger partial charge on any atom is 0.241 e. The molecular formula is C27H22N2O2. The maximum absolute atomic E-state index is 13.4. The predicted molar refractivity (Wildman–Crippen MR) is 125 cm³/mol. The Morgan fingerprint density at radius 2 is 0.645 bits per heavy atom. The van der Waals surface area contributed by atoms with Gasteiger partial charge in [0.1, 0.15) is 6.42 Å². The van der Waals surface area contributed by atoms with Crippen LogP contribution in [0.3, 0.4) is 0 Å². The Labute approximate surface area is 182 Å². The van der Waals surface area contributed by atoms with Crippen LogP contribution in [0, 0.1) is 0 Å². The lowest BCUT2D eigenvalue weighted by atomic mass is 10.1. The Kier molecular flexibility index (Phi) is 6.19. The molecule has 4 nitrogen and oxygen atoms in total. The molecular weight excluding hydrogens is 384 g/mol. The SMILES string of the molecule is O=C(CC(=O)N(c1ccccc1)c1ccccc1)N(c1ccccc1)c1ccccc1. The second kappa shape index (κ2) is 9.55. The first-order chi connectivity index (χ1) is 15.2. The Bertz CT molecular complexity index is 959. The van der Waals surface area contributed by atoms with Crippen molar-refractivity contribution in [3.63, 3.8) is 0 Å². The first kappa shape index (κ1) is 20.1. The van der Waals surface area contributed by atoms with Crippen molar-refractivity contribution >= 4 is 34.6 Å². The second-order valence-corrected chi connectivity index (χ2v) is 6.98. The molecule has 0 radical (unpaired) electrons. The fraction of sp³-hybridized carbons (Fsp3) is 0.0370. The molecule has 4 rings (SSSR count).